The Balaban J connectivity index is 1.58. The van der Waals surface area contributed by atoms with Gasteiger partial charge in [-0.3, -0.25) is 9.36 Å². The van der Waals surface area contributed by atoms with Crippen LogP contribution in [0, 0.1) is 0 Å². The molecule has 0 aliphatic carbocycles. The molecule has 0 aliphatic heterocycles. The highest BCUT2D eigenvalue weighted by atomic mass is 16.5. The zero-order valence-corrected chi connectivity index (χ0v) is 20.6. The van der Waals surface area contributed by atoms with Crippen molar-refractivity contribution in [3.63, 3.8) is 0 Å². The number of ether oxygens (including phenoxy) is 1. The largest absolute Gasteiger partial charge is 0.493 e. The molecular formula is C27H27N5O5. The van der Waals surface area contributed by atoms with Crippen LogP contribution in [-0.4, -0.2) is 43.7 Å². The van der Waals surface area contributed by atoms with E-state index >= 15 is 0 Å². The molecule has 10 heteroatoms. The van der Waals surface area contributed by atoms with Crippen molar-refractivity contribution in [2.45, 2.75) is 38.6 Å². The van der Waals surface area contributed by atoms with Gasteiger partial charge in [0.15, 0.2) is 11.1 Å². The fourth-order valence-electron chi connectivity index (χ4n) is 4.37. The summed E-state index contributed by atoms with van der Waals surface area (Å²) in [5.74, 6) is 0.135. The van der Waals surface area contributed by atoms with E-state index in [4.69, 9.17) is 13.7 Å². The third-order valence-corrected chi connectivity index (χ3v) is 6.20. The van der Waals surface area contributed by atoms with Crippen molar-refractivity contribution < 1.29 is 18.8 Å². The second-order valence-corrected chi connectivity index (χ2v) is 8.69. The van der Waals surface area contributed by atoms with Gasteiger partial charge in [-0.25, -0.2) is 0 Å². The van der Waals surface area contributed by atoms with Gasteiger partial charge in [-0.05, 0) is 24.1 Å². The maximum Gasteiger partial charge on any atom is 0.270 e. The van der Waals surface area contributed by atoms with Gasteiger partial charge in [0.25, 0.3) is 11.4 Å². The Labute approximate surface area is 212 Å². The van der Waals surface area contributed by atoms with Gasteiger partial charge < -0.3 is 18.8 Å². The minimum absolute atomic E-state index is 0.113. The van der Waals surface area contributed by atoms with Crippen molar-refractivity contribution >= 4 is 11.0 Å². The summed E-state index contributed by atoms with van der Waals surface area (Å²) >= 11 is 0. The number of fused-ring (bicyclic) bond motifs is 1. The summed E-state index contributed by atoms with van der Waals surface area (Å²) in [6.07, 6.45) is 2.43. The lowest BCUT2D eigenvalue weighted by Gasteiger charge is -2.23. The van der Waals surface area contributed by atoms with Gasteiger partial charge in [0.2, 0.25) is 11.8 Å². The minimum Gasteiger partial charge on any atom is -0.493 e. The summed E-state index contributed by atoms with van der Waals surface area (Å²) in [6, 6.07) is 16.6. The summed E-state index contributed by atoms with van der Waals surface area (Å²) in [5.41, 5.74) is 1.53. The SMILES string of the molecule is CCCCc1nc(O)c(-c2nnc(Cc3noc4ccccc34)o2)c(=O)n1[C@@H](COC)c1ccccc1. The first-order chi connectivity index (χ1) is 18.1. The monoisotopic (exact) mass is 501 g/mol. The molecule has 190 valence electrons. The summed E-state index contributed by atoms with van der Waals surface area (Å²) in [7, 11) is 1.58. The molecule has 0 spiro atoms. The van der Waals surface area contributed by atoms with Crippen LogP contribution < -0.4 is 5.56 Å². The molecule has 5 aromatic rings. The van der Waals surface area contributed by atoms with E-state index in [1.807, 2.05) is 54.6 Å². The number of benzene rings is 2. The molecule has 10 nitrogen and oxygen atoms in total. The second kappa shape index (κ2) is 10.8. The minimum atomic E-state index is -0.480. The van der Waals surface area contributed by atoms with E-state index in [2.05, 4.69) is 27.3 Å². The number of nitrogens with zero attached hydrogens (tertiary/aromatic N) is 5. The molecular weight excluding hydrogens is 474 g/mol. The first-order valence-electron chi connectivity index (χ1n) is 12.1. The van der Waals surface area contributed by atoms with Crippen molar-refractivity contribution in [3.05, 3.63) is 87.9 Å². The smallest absolute Gasteiger partial charge is 0.270 e. The third kappa shape index (κ3) is 4.88. The number of aromatic nitrogens is 5. The van der Waals surface area contributed by atoms with Crippen LogP contribution in [0.2, 0.25) is 0 Å². The van der Waals surface area contributed by atoms with E-state index in [1.54, 1.807) is 11.7 Å². The summed E-state index contributed by atoms with van der Waals surface area (Å²) in [4.78, 5) is 18.3. The van der Waals surface area contributed by atoms with Crippen LogP contribution in [0.15, 0.2) is 68.3 Å². The predicted molar refractivity (Wildman–Crippen MR) is 135 cm³/mol. The predicted octanol–water partition coefficient (Wildman–Crippen LogP) is 4.31. The Bertz CT molecular complexity index is 1560. The molecule has 0 saturated heterocycles. The molecule has 3 aromatic heterocycles. The standard InChI is InChI=1S/C27H27N5O5/c1-3-4-14-22-28-25(33)24(27(34)32(22)20(16-35-2)17-10-6-5-7-11-17)26-30-29-23(36-26)15-19-18-12-8-9-13-21(18)37-31-19/h5-13,20,33H,3-4,14-16H2,1-2H3/t20-/m0/s1. The summed E-state index contributed by atoms with van der Waals surface area (Å²) in [5, 5.41) is 23.9. The van der Waals surface area contributed by atoms with Crippen LogP contribution >= 0.6 is 0 Å². The lowest BCUT2D eigenvalue weighted by Crippen LogP contribution is -2.33. The van der Waals surface area contributed by atoms with Crippen molar-refractivity contribution in [1.82, 2.24) is 24.9 Å². The molecule has 3 heterocycles. The summed E-state index contributed by atoms with van der Waals surface area (Å²) < 4.78 is 18.2. The van der Waals surface area contributed by atoms with Crippen LogP contribution in [0.1, 0.15) is 48.8 Å². The average molecular weight is 502 g/mol. The van der Waals surface area contributed by atoms with Crippen LogP contribution in [0.5, 0.6) is 5.88 Å². The number of unbranched alkanes of at least 4 members (excludes halogenated alkanes) is 1. The molecule has 0 bridgehead atoms. The van der Waals surface area contributed by atoms with Crippen LogP contribution in [0.4, 0.5) is 0 Å². The zero-order valence-electron chi connectivity index (χ0n) is 20.6. The highest BCUT2D eigenvalue weighted by Crippen LogP contribution is 2.28. The Morgan fingerprint density at radius 2 is 1.86 bits per heavy atom. The van der Waals surface area contributed by atoms with Gasteiger partial charge in [-0.2, -0.15) is 4.98 Å². The maximum atomic E-state index is 13.9. The van der Waals surface area contributed by atoms with Crippen molar-refractivity contribution in [3.8, 4) is 17.3 Å². The Kier molecular flexibility index (Phi) is 7.09. The second-order valence-electron chi connectivity index (χ2n) is 8.69. The number of aromatic hydroxyl groups is 1. The van der Waals surface area contributed by atoms with E-state index in [0.29, 0.717) is 23.5 Å². The number of methoxy groups -OCH3 is 1. The quantitative estimate of drug-likeness (QED) is 0.297. The first-order valence-corrected chi connectivity index (χ1v) is 12.1. The molecule has 0 unspecified atom stereocenters. The van der Waals surface area contributed by atoms with Gasteiger partial charge in [0.05, 0.1) is 19.1 Å². The third-order valence-electron chi connectivity index (χ3n) is 6.20. The number of hydrogen-bond acceptors (Lipinski definition) is 9. The van der Waals surface area contributed by atoms with Crippen molar-refractivity contribution in [1.29, 1.82) is 0 Å². The molecule has 0 aliphatic rings. The molecule has 37 heavy (non-hydrogen) atoms. The van der Waals surface area contributed by atoms with Crippen LogP contribution in [0.25, 0.3) is 22.4 Å². The van der Waals surface area contributed by atoms with E-state index in [-0.39, 0.29) is 30.4 Å². The Hall–Kier alpha value is -4.31. The lowest BCUT2D eigenvalue weighted by molar-refractivity contribution is 0.166. The molecule has 5 rings (SSSR count). The van der Waals surface area contributed by atoms with Crippen molar-refractivity contribution in [2.24, 2.45) is 0 Å². The molecule has 0 saturated carbocycles. The van der Waals surface area contributed by atoms with Gasteiger partial charge in [-0.15, -0.1) is 10.2 Å². The number of para-hydroxylation sites is 1. The zero-order chi connectivity index (χ0) is 25.8. The van der Waals surface area contributed by atoms with E-state index < -0.39 is 17.5 Å². The molecule has 2 aromatic carbocycles. The van der Waals surface area contributed by atoms with Gasteiger partial charge in [-0.1, -0.05) is 61.0 Å². The highest BCUT2D eigenvalue weighted by Gasteiger charge is 2.27. The molecule has 1 atom stereocenters. The highest BCUT2D eigenvalue weighted by molar-refractivity contribution is 5.79. The average Bonchev–Trinajstić information content (AvgIpc) is 3.54. The van der Waals surface area contributed by atoms with E-state index in [0.717, 1.165) is 23.8 Å². The molecule has 0 radical (unpaired) electrons. The first kappa shape index (κ1) is 24.4. The van der Waals surface area contributed by atoms with Gasteiger partial charge >= 0.3 is 0 Å². The van der Waals surface area contributed by atoms with E-state index in [1.165, 1.54) is 0 Å². The molecule has 0 fully saturated rings. The molecule has 0 amide bonds. The van der Waals surface area contributed by atoms with E-state index in [9.17, 15) is 9.90 Å². The Morgan fingerprint density at radius 3 is 2.65 bits per heavy atom. The number of aryl methyl sites for hydroxylation is 1. The van der Waals surface area contributed by atoms with Crippen LogP contribution in [-0.2, 0) is 17.6 Å². The fourth-order valence-corrected chi connectivity index (χ4v) is 4.37. The van der Waals surface area contributed by atoms with Crippen LogP contribution in [0.3, 0.4) is 0 Å². The molecule has 1 N–H and O–H groups in total. The fraction of sp³-hybridized carbons (Fsp3) is 0.296. The normalized spacial score (nSPS) is 12.3. The lowest BCUT2D eigenvalue weighted by atomic mass is 10.1. The van der Waals surface area contributed by atoms with Crippen molar-refractivity contribution in [2.75, 3.05) is 13.7 Å². The maximum absolute atomic E-state index is 13.9. The van der Waals surface area contributed by atoms with Gasteiger partial charge in [0.1, 0.15) is 11.5 Å². The van der Waals surface area contributed by atoms with Gasteiger partial charge in [0, 0.05) is 18.9 Å². The Morgan fingerprint density at radius 1 is 1.08 bits per heavy atom. The number of rotatable bonds is 10. The topological polar surface area (TPSA) is 129 Å². The number of hydrogen-bond donors (Lipinski definition) is 1. The summed E-state index contributed by atoms with van der Waals surface area (Å²) in [6.45, 7) is 2.29.